The van der Waals surface area contributed by atoms with Crippen molar-refractivity contribution in [3.8, 4) is 11.3 Å². The van der Waals surface area contributed by atoms with Crippen molar-refractivity contribution in [3.63, 3.8) is 0 Å². The Morgan fingerprint density at radius 1 is 0.800 bits per heavy atom. The predicted molar refractivity (Wildman–Crippen MR) is 127 cm³/mol. The Bertz CT molecular complexity index is 1160. The topological polar surface area (TPSA) is 29.0 Å². The first-order chi connectivity index (χ1) is 14.5. The van der Waals surface area contributed by atoms with Crippen LogP contribution in [0.5, 0.6) is 0 Å². The van der Waals surface area contributed by atoms with Crippen LogP contribution in [0.2, 0.25) is 0 Å². The molecule has 4 aromatic rings. The van der Waals surface area contributed by atoms with Crippen molar-refractivity contribution >= 4 is 16.6 Å². The number of rotatable bonds is 5. The van der Waals surface area contributed by atoms with Crippen molar-refractivity contribution in [2.75, 3.05) is 11.9 Å². The minimum atomic E-state index is 0.248. The zero-order valence-corrected chi connectivity index (χ0v) is 18.5. The highest BCUT2D eigenvalue weighted by molar-refractivity contribution is 6.01. The summed E-state index contributed by atoms with van der Waals surface area (Å²) in [5.41, 5.74) is 7.20. The molecular formula is C27H29N3. The van der Waals surface area contributed by atoms with E-state index in [-0.39, 0.29) is 6.04 Å². The van der Waals surface area contributed by atoms with Crippen LogP contribution in [0.15, 0.2) is 66.7 Å². The standard InChI is InChI=1S/C27H29N3/c1-6-24(21-12-8-7-9-13-21)30(5)27-23-15-11-10-14-22(23)26(28-29-27)25-19(3)16-18(2)17-20(25)4/h7-17,24H,6H2,1-5H3. The molecule has 0 radical (unpaired) electrons. The molecule has 30 heavy (non-hydrogen) atoms. The molecule has 0 saturated heterocycles. The number of nitrogens with zero attached hydrogens (tertiary/aromatic N) is 3. The average molecular weight is 396 g/mol. The van der Waals surface area contributed by atoms with E-state index in [4.69, 9.17) is 10.2 Å². The van der Waals surface area contributed by atoms with Crippen LogP contribution in [0.1, 0.15) is 41.6 Å². The van der Waals surface area contributed by atoms with Gasteiger partial charge in [0, 0.05) is 23.4 Å². The molecule has 0 aliphatic carbocycles. The molecular weight excluding hydrogens is 366 g/mol. The van der Waals surface area contributed by atoms with Gasteiger partial charge in [0.15, 0.2) is 5.82 Å². The van der Waals surface area contributed by atoms with Gasteiger partial charge < -0.3 is 4.90 Å². The van der Waals surface area contributed by atoms with E-state index in [1.165, 1.54) is 27.8 Å². The molecule has 0 aliphatic rings. The van der Waals surface area contributed by atoms with Crippen LogP contribution in [0.3, 0.4) is 0 Å². The molecule has 1 unspecified atom stereocenters. The number of fused-ring (bicyclic) bond motifs is 1. The summed E-state index contributed by atoms with van der Waals surface area (Å²) in [6.07, 6.45) is 0.994. The van der Waals surface area contributed by atoms with Crippen LogP contribution in [-0.2, 0) is 0 Å². The highest BCUT2D eigenvalue weighted by Gasteiger charge is 2.21. The fourth-order valence-corrected chi connectivity index (χ4v) is 4.64. The van der Waals surface area contributed by atoms with Gasteiger partial charge in [-0.2, -0.15) is 0 Å². The second-order valence-corrected chi connectivity index (χ2v) is 8.14. The average Bonchev–Trinajstić information content (AvgIpc) is 2.74. The Hall–Kier alpha value is -3.20. The molecule has 1 atom stereocenters. The lowest BCUT2D eigenvalue weighted by Crippen LogP contribution is -2.25. The molecule has 1 heterocycles. The van der Waals surface area contributed by atoms with E-state index in [2.05, 4.69) is 106 Å². The number of aromatic nitrogens is 2. The quantitative estimate of drug-likeness (QED) is 0.372. The molecule has 0 aliphatic heterocycles. The van der Waals surface area contributed by atoms with Crippen LogP contribution < -0.4 is 4.90 Å². The smallest absolute Gasteiger partial charge is 0.159 e. The summed E-state index contributed by atoms with van der Waals surface area (Å²) in [6.45, 7) is 8.68. The van der Waals surface area contributed by atoms with Crippen molar-refractivity contribution in [1.82, 2.24) is 10.2 Å². The van der Waals surface area contributed by atoms with Gasteiger partial charge in [-0.05, 0) is 43.9 Å². The molecule has 4 rings (SSSR count). The molecule has 0 spiro atoms. The zero-order valence-electron chi connectivity index (χ0n) is 18.5. The van der Waals surface area contributed by atoms with Crippen LogP contribution in [0.4, 0.5) is 5.82 Å². The van der Waals surface area contributed by atoms with Crippen molar-refractivity contribution in [3.05, 3.63) is 89.0 Å². The maximum Gasteiger partial charge on any atom is 0.159 e. The maximum absolute atomic E-state index is 4.77. The normalized spacial score (nSPS) is 12.2. The molecule has 0 amide bonds. The third-order valence-electron chi connectivity index (χ3n) is 5.95. The van der Waals surface area contributed by atoms with Crippen molar-refractivity contribution < 1.29 is 0 Å². The second-order valence-electron chi connectivity index (χ2n) is 8.14. The van der Waals surface area contributed by atoms with E-state index < -0.39 is 0 Å². The lowest BCUT2D eigenvalue weighted by atomic mass is 9.94. The number of hydrogen-bond donors (Lipinski definition) is 0. The van der Waals surface area contributed by atoms with Crippen LogP contribution >= 0.6 is 0 Å². The third kappa shape index (κ3) is 3.56. The Morgan fingerprint density at radius 3 is 2.03 bits per heavy atom. The van der Waals surface area contributed by atoms with Gasteiger partial charge in [-0.15, -0.1) is 10.2 Å². The van der Waals surface area contributed by atoms with Crippen molar-refractivity contribution in [2.45, 2.75) is 40.2 Å². The largest absolute Gasteiger partial charge is 0.351 e. The summed E-state index contributed by atoms with van der Waals surface area (Å²) in [4.78, 5) is 2.27. The fourth-order valence-electron chi connectivity index (χ4n) is 4.64. The van der Waals surface area contributed by atoms with E-state index in [1.54, 1.807) is 0 Å². The predicted octanol–water partition coefficient (Wildman–Crippen LogP) is 6.81. The van der Waals surface area contributed by atoms with E-state index in [0.29, 0.717) is 0 Å². The monoisotopic (exact) mass is 395 g/mol. The molecule has 152 valence electrons. The van der Waals surface area contributed by atoms with Gasteiger partial charge in [-0.25, -0.2) is 0 Å². The molecule has 0 N–H and O–H groups in total. The second kappa shape index (κ2) is 8.27. The maximum atomic E-state index is 4.77. The molecule has 3 aromatic carbocycles. The van der Waals surface area contributed by atoms with Gasteiger partial charge in [0.2, 0.25) is 0 Å². The summed E-state index contributed by atoms with van der Waals surface area (Å²) in [7, 11) is 2.12. The van der Waals surface area contributed by atoms with E-state index >= 15 is 0 Å². The van der Waals surface area contributed by atoms with Crippen molar-refractivity contribution in [2.24, 2.45) is 0 Å². The minimum absolute atomic E-state index is 0.248. The summed E-state index contributed by atoms with van der Waals surface area (Å²) in [5, 5.41) is 11.8. The Balaban J connectivity index is 1.88. The first kappa shape index (κ1) is 20.1. The lowest BCUT2D eigenvalue weighted by molar-refractivity contribution is 0.640. The molecule has 0 saturated carbocycles. The summed E-state index contributed by atoms with van der Waals surface area (Å²) < 4.78 is 0. The van der Waals surface area contributed by atoms with Crippen molar-refractivity contribution in [1.29, 1.82) is 0 Å². The zero-order chi connectivity index (χ0) is 21.3. The first-order valence-electron chi connectivity index (χ1n) is 10.6. The Labute approximate surface area is 179 Å². The van der Waals surface area contributed by atoms with Gasteiger partial charge in [0.05, 0.1) is 6.04 Å². The van der Waals surface area contributed by atoms with Gasteiger partial charge in [0.1, 0.15) is 5.69 Å². The van der Waals surface area contributed by atoms with Crippen LogP contribution in [0.25, 0.3) is 22.0 Å². The molecule has 0 bridgehead atoms. The molecule has 3 heteroatoms. The first-order valence-corrected chi connectivity index (χ1v) is 10.6. The molecule has 3 nitrogen and oxygen atoms in total. The Kier molecular flexibility index (Phi) is 5.54. The number of benzene rings is 3. The lowest BCUT2D eigenvalue weighted by Gasteiger charge is -2.29. The number of hydrogen-bond acceptors (Lipinski definition) is 3. The minimum Gasteiger partial charge on any atom is -0.351 e. The summed E-state index contributed by atoms with van der Waals surface area (Å²) in [5.74, 6) is 0.924. The van der Waals surface area contributed by atoms with Crippen LogP contribution in [-0.4, -0.2) is 17.2 Å². The van der Waals surface area contributed by atoms with Gasteiger partial charge in [0.25, 0.3) is 0 Å². The van der Waals surface area contributed by atoms with Gasteiger partial charge in [-0.3, -0.25) is 0 Å². The van der Waals surface area contributed by atoms with Crippen LogP contribution in [0, 0.1) is 20.8 Å². The van der Waals surface area contributed by atoms with E-state index in [9.17, 15) is 0 Å². The summed E-state index contributed by atoms with van der Waals surface area (Å²) in [6, 6.07) is 23.8. The number of anilines is 1. The number of aryl methyl sites for hydroxylation is 3. The van der Waals surface area contributed by atoms with E-state index in [0.717, 1.165) is 28.7 Å². The highest BCUT2D eigenvalue weighted by Crippen LogP contribution is 2.37. The third-order valence-corrected chi connectivity index (χ3v) is 5.95. The summed E-state index contributed by atoms with van der Waals surface area (Å²) >= 11 is 0. The molecule has 1 aromatic heterocycles. The molecule has 0 fully saturated rings. The van der Waals surface area contributed by atoms with Gasteiger partial charge in [-0.1, -0.05) is 79.2 Å². The highest BCUT2D eigenvalue weighted by atomic mass is 15.3. The van der Waals surface area contributed by atoms with E-state index in [1.807, 2.05) is 0 Å². The SMILES string of the molecule is CCC(c1ccccc1)N(C)c1nnc(-c2c(C)cc(C)cc2C)c2ccccc12. The van der Waals surface area contributed by atoms with Gasteiger partial charge >= 0.3 is 0 Å². The fraction of sp³-hybridized carbons (Fsp3) is 0.259. The Morgan fingerprint density at radius 2 is 1.40 bits per heavy atom.